The standard InChI is InChI=1S/C11H16BrNO2/c1-7(6-14)13-8(2)10-4-3-9(12)5-11(10)15/h3-5,7-8,13-15H,6H2,1-2H3/t7-,8?/m0/s1. The molecule has 0 fully saturated rings. The summed E-state index contributed by atoms with van der Waals surface area (Å²) >= 11 is 3.29. The van der Waals surface area contributed by atoms with E-state index in [1.165, 1.54) is 0 Å². The van der Waals surface area contributed by atoms with Crippen molar-refractivity contribution >= 4 is 15.9 Å². The van der Waals surface area contributed by atoms with Crippen LogP contribution in [0.2, 0.25) is 0 Å². The molecule has 3 N–H and O–H groups in total. The van der Waals surface area contributed by atoms with Crippen LogP contribution in [0, 0.1) is 0 Å². The van der Waals surface area contributed by atoms with Crippen LogP contribution in [-0.2, 0) is 0 Å². The van der Waals surface area contributed by atoms with Crippen molar-refractivity contribution in [3.63, 3.8) is 0 Å². The largest absolute Gasteiger partial charge is 0.508 e. The van der Waals surface area contributed by atoms with Gasteiger partial charge in [0.1, 0.15) is 5.75 Å². The SMILES string of the molecule is CC(N[C@@H](C)CO)c1ccc(Br)cc1O. The zero-order chi connectivity index (χ0) is 11.4. The Balaban J connectivity index is 2.77. The molecular weight excluding hydrogens is 258 g/mol. The first kappa shape index (κ1) is 12.5. The van der Waals surface area contributed by atoms with Crippen molar-refractivity contribution in [2.24, 2.45) is 0 Å². The van der Waals surface area contributed by atoms with Crippen LogP contribution in [0.25, 0.3) is 0 Å². The molecule has 1 rings (SSSR count). The maximum atomic E-state index is 9.71. The second kappa shape index (κ2) is 5.49. The molecule has 1 aromatic rings. The lowest BCUT2D eigenvalue weighted by molar-refractivity contribution is 0.242. The molecule has 0 radical (unpaired) electrons. The van der Waals surface area contributed by atoms with E-state index in [9.17, 15) is 5.11 Å². The normalized spacial score (nSPS) is 14.9. The molecule has 0 saturated carbocycles. The van der Waals surface area contributed by atoms with Crippen molar-refractivity contribution in [2.45, 2.75) is 25.9 Å². The van der Waals surface area contributed by atoms with Gasteiger partial charge in [-0.3, -0.25) is 0 Å². The van der Waals surface area contributed by atoms with Crippen LogP contribution in [0.5, 0.6) is 5.75 Å². The van der Waals surface area contributed by atoms with E-state index in [2.05, 4.69) is 21.2 Å². The molecule has 0 aliphatic carbocycles. The molecule has 2 atom stereocenters. The Hall–Kier alpha value is -0.580. The van der Waals surface area contributed by atoms with E-state index in [-0.39, 0.29) is 24.4 Å². The Morgan fingerprint density at radius 2 is 2.07 bits per heavy atom. The Bertz CT molecular complexity index is 330. The van der Waals surface area contributed by atoms with Gasteiger partial charge >= 0.3 is 0 Å². The lowest BCUT2D eigenvalue weighted by atomic mass is 10.1. The van der Waals surface area contributed by atoms with Crippen LogP contribution in [-0.4, -0.2) is 22.9 Å². The number of rotatable bonds is 4. The second-order valence-corrected chi connectivity index (χ2v) is 4.59. The molecule has 0 saturated heterocycles. The van der Waals surface area contributed by atoms with Gasteiger partial charge in [0.25, 0.3) is 0 Å². The van der Waals surface area contributed by atoms with Crippen molar-refractivity contribution in [1.82, 2.24) is 5.32 Å². The minimum Gasteiger partial charge on any atom is -0.508 e. The Labute approximate surface area is 98.3 Å². The summed E-state index contributed by atoms with van der Waals surface area (Å²) in [5, 5.41) is 21.8. The first-order valence-electron chi connectivity index (χ1n) is 4.90. The van der Waals surface area contributed by atoms with E-state index in [0.29, 0.717) is 0 Å². The molecule has 0 bridgehead atoms. The summed E-state index contributed by atoms with van der Waals surface area (Å²) in [5.74, 6) is 0.259. The summed E-state index contributed by atoms with van der Waals surface area (Å²) in [4.78, 5) is 0. The summed E-state index contributed by atoms with van der Waals surface area (Å²) in [7, 11) is 0. The maximum absolute atomic E-state index is 9.71. The molecule has 3 nitrogen and oxygen atoms in total. The lowest BCUT2D eigenvalue weighted by Gasteiger charge is -2.19. The van der Waals surface area contributed by atoms with Crippen molar-refractivity contribution in [2.75, 3.05) is 6.61 Å². The average Bonchev–Trinajstić information content (AvgIpc) is 2.17. The number of aliphatic hydroxyl groups is 1. The number of hydrogen-bond donors (Lipinski definition) is 3. The van der Waals surface area contributed by atoms with Gasteiger partial charge in [0.2, 0.25) is 0 Å². The monoisotopic (exact) mass is 273 g/mol. The Morgan fingerprint density at radius 1 is 1.40 bits per heavy atom. The zero-order valence-electron chi connectivity index (χ0n) is 8.87. The fourth-order valence-electron chi connectivity index (χ4n) is 1.45. The van der Waals surface area contributed by atoms with Gasteiger partial charge in [0, 0.05) is 22.1 Å². The van der Waals surface area contributed by atoms with Crippen LogP contribution >= 0.6 is 15.9 Å². The van der Waals surface area contributed by atoms with Crippen LogP contribution in [0.1, 0.15) is 25.5 Å². The molecule has 0 heterocycles. The van der Waals surface area contributed by atoms with Gasteiger partial charge in [0.15, 0.2) is 0 Å². The molecule has 0 aromatic heterocycles. The van der Waals surface area contributed by atoms with Crippen molar-refractivity contribution < 1.29 is 10.2 Å². The maximum Gasteiger partial charge on any atom is 0.121 e. The molecule has 0 spiro atoms. The topological polar surface area (TPSA) is 52.5 Å². The van der Waals surface area contributed by atoms with Crippen LogP contribution in [0.15, 0.2) is 22.7 Å². The van der Waals surface area contributed by atoms with Gasteiger partial charge in [-0.15, -0.1) is 0 Å². The predicted molar refractivity (Wildman–Crippen MR) is 63.9 cm³/mol. The first-order valence-corrected chi connectivity index (χ1v) is 5.69. The number of nitrogens with one attached hydrogen (secondary N) is 1. The molecule has 0 aliphatic rings. The highest BCUT2D eigenvalue weighted by molar-refractivity contribution is 9.10. The third kappa shape index (κ3) is 3.48. The van der Waals surface area contributed by atoms with E-state index >= 15 is 0 Å². The number of aromatic hydroxyl groups is 1. The number of halogens is 1. The highest BCUT2D eigenvalue weighted by Crippen LogP contribution is 2.27. The van der Waals surface area contributed by atoms with Crippen LogP contribution < -0.4 is 5.32 Å². The van der Waals surface area contributed by atoms with Crippen molar-refractivity contribution in [3.8, 4) is 5.75 Å². The molecule has 1 aromatic carbocycles. The van der Waals surface area contributed by atoms with E-state index in [4.69, 9.17) is 5.11 Å². The minimum atomic E-state index is 0.0141. The van der Waals surface area contributed by atoms with Gasteiger partial charge in [-0.1, -0.05) is 22.0 Å². The summed E-state index contributed by atoms with van der Waals surface area (Å²) in [6.45, 7) is 3.93. The van der Waals surface area contributed by atoms with Crippen LogP contribution in [0.4, 0.5) is 0 Å². The molecule has 1 unspecified atom stereocenters. The molecule has 4 heteroatoms. The number of aliphatic hydroxyl groups excluding tert-OH is 1. The van der Waals surface area contributed by atoms with Gasteiger partial charge < -0.3 is 15.5 Å². The number of benzene rings is 1. The molecule has 15 heavy (non-hydrogen) atoms. The smallest absolute Gasteiger partial charge is 0.121 e. The van der Waals surface area contributed by atoms with E-state index < -0.39 is 0 Å². The second-order valence-electron chi connectivity index (χ2n) is 3.68. The van der Waals surface area contributed by atoms with Gasteiger partial charge in [-0.2, -0.15) is 0 Å². The summed E-state index contributed by atoms with van der Waals surface area (Å²) in [5.41, 5.74) is 0.832. The minimum absolute atomic E-state index is 0.0141. The van der Waals surface area contributed by atoms with Gasteiger partial charge in [0.05, 0.1) is 6.61 Å². The van der Waals surface area contributed by atoms with Gasteiger partial charge in [-0.25, -0.2) is 0 Å². The third-order valence-electron chi connectivity index (χ3n) is 2.27. The predicted octanol–water partition coefficient (Wildman–Crippen LogP) is 2.19. The van der Waals surface area contributed by atoms with E-state index in [1.54, 1.807) is 6.07 Å². The highest BCUT2D eigenvalue weighted by Gasteiger charge is 2.12. The van der Waals surface area contributed by atoms with Crippen LogP contribution in [0.3, 0.4) is 0 Å². The summed E-state index contributed by atoms with van der Waals surface area (Å²) < 4.78 is 0.853. The first-order chi connectivity index (χ1) is 7.04. The van der Waals surface area contributed by atoms with E-state index in [1.807, 2.05) is 26.0 Å². The quantitative estimate of drug-likeness (QED) is 0.788. The number of phenolic OH excluding ortho intramolecular Hbond substituents is 1. The highest BCUT2D eigenvalue weighted by atomic mass is 79.9. The van der Waals surface area contributed by atoms with E-state index in [0.717, 1.165) is 10.0 Å². The summed E-state index contributed by atoms with van der Waals surface area (Å²) in [6.07, 6.45) is 0. The lowest BCUT2D eigenvalue weighted by Crippen LogP contribution is -2.31. The average molecular weight is 274 g/mol. The number of hydrogen-bond acceptors (Lipinski definition) is 3. The molecule has 0 aliphatic heterocycles. The fourth-order valence-corrected chi connectivity index (χ4v) is 1.80. The Morgan fingerprint density at radius 3 is 2.60 bits per heavy atom. The fraction of sp³-hybridized carbons (Fsp3) is 0.455. The molecule has 84 valence electrons. The Kier molecular flexibility index (Phi) is 4.57. The third-order valence-corrected chi connectivity index (χ3v) is 2.76. The summed E-state index contributed by atoms with van der Waals surface area (Å²) in [6, 6.07) is 5.44. The molecule has 0 amide bonds. The zero-order valence-corrected chi connectivity index (χ0v) is 10.5. The van der Waals surface area contributed by atoms with Gasteiger partial charge in [-0.05, 0) is 26.0 Å². The van der Waals surface area contributed by atoms with Crippen molar-refractivity contribution in [1.29, 1.82) is 0 Å². The molecular formula is C11H16BrNO2. The number of phenols is 1. The van der Waals surface area contributed by atoms with Crippen molar-refractivity contribution in [3.05, 3.63) is 28.2 Å².